The van der Waals surface area contributed by atoms with Crippen LogP contribution in [0.1, 0.15) is 0 Å². The van der Waals surface area contributed by atoms with Crippen LogP contribution in [-0.2, 0) is 16.1 Å². The van der Waals surface area contributed by atoms with Crippen molar-refractivity contribution in [3.8, 4) is 0 Å². The maximum absolute atomic E-state index is 12.0. The lowest BCUT2D eigenvalue weighted by Crippen LogP contribution is -2.43. The van der Waals surface area contributed by atoms with Crippen LogP contribution >= 0.6 is 15.9 Å². The minimum atomic E-state index is -0.259. The number of carbonyl (C=O) groups is 1. The molecule has 2 rings (SSSR count). The Balaban J connectivity index is 2.13. The standard InChI is InChI=1S/C11H14BrN3O3/c12-9-5-8(13)6-15(11(9)17)7-10(16)14-1-3-18-4-2-14/h5-6H,1-4,7,13H2. The zero-order valence-electron chi connectivity index (χ0n) is 9.76. The van der Waals surface area contributed by atoms with E-state index >= 15 is 0 Å². The van der Waals surface area contributed by atoms with E-state index in [2.05, 4.69) is 15.9 Å². The molecule has 0 aliphatic carbocycles. The number of pyridine rings is 1. The maximum atomic E-state index is 12.0. The van der Waals surface area contributed by atoms with Gasteiger partial charge in [0.05, 0.1) is 17.7 Å². The topological polar surface area (TPSA) is 77.6 Å². The van der Waals surface area contributed by atoms with Gasteiger partial charge in [-0.15, -0.1) is 0 Å². The SMILES string of the molecule is Nc1cc(Br)c(=O)n(CC(=O)N2CCOCC2)c1. The lowest BCUT2D eigenvalue weighted by atomic mass is 10.3. The molecule has 0 saturated carbocycles. The van der Waals surface area contributed by atoms with Gasteiger partial charge in [-0.25, -0.2) is 0 Å². The van der Waals surface area contributed by atoms with Gasteiger partial charge in [0.15, 0.2) is 0 Å². The summed E-state index contributed by atoms with van der Waals surface area (Å²) < 4.78 is 6.85. The highest BCUT2D eigenvalue weighted by atomic mass is 79.9. The smallest absolute Gasteiger partial charge is 0.265 e. The fourth-order valence-corrected chi connectivity index (χ4v) is 2.29. The van der Waals surface area contributed by atoms with Gasteiger partial charge in [-0.3, -0.25) is 9.59 Å². The average Bonchev–Trinajstić information content (AvgIpc) is 2.36. The van der Waals surface area contributed by atoms with Crippen molar-refractivity contribution in [3.63, 3.8) is 0 Å². The third-order valence-corrected chi connectivity index (χ3v) is 3.30. The number of morpholine rings is 1. The van der Waals surface area contributed by atoms with E-state index in [9.17, 15) is 9.59 Å². The number of nitrogens with zero attached hydrogens (tertiary/aromatic N) is 2. The predicted octanol–water partition coefficient (Wildman–Crippen LogP) is 0.0518. The normalized spacial score (nSPS) is 15.7. The van der Waals surface area contributed by atoms with Gasteiger partial charge in [-0.05, 0) is 22.0 Å². The molecule has 0 atom stereocenters. The quantitative estimate of drug-likeness (QED) is 0.836. The van der Waals surface area contributed by atoms with Crippen molar-refractivity contribution in [1.82, 2.24) is 9.47 Å². The zero-order valence-corrected chi connectivity index (χ0v) is 11.4. The number of halogens is 1. The lowest BCUT2D eigenvalue weighted by molar-refractivity contribution is -0.135. The summed E-state index contributed by atoms with van der Waals surface area (Å²) in [5, 5.41) is 0. The molecule has 1 aromatic heterocycles. The lowest BCUT2D eigenvalue weighted by Gasteiger charge is -2.27. The Bertz CT molecular complexity index is 509. The van der Waals surface area contributed by atoms with Crippen molar-refractivity contribution in [3.05, 3.63) is 27.1 Å². The van der Waals surface area contributed by atoms with E-state index < -0.39 is 0 Å². The first-order valence-corrected chi connectivity index (χ1v) is 6.38. The molecule has 7 heteroatoms. The second kappa shape index (κ2) is 5.53. The second-order valence-corrected chi connectivity index (χ2v) is 4.90. The number of hydrogen-bond acceptors (Lipinski definition) is 4. The highest BCUT2D eigenvalue weighted by Crippen LogP contribution is 2.08. The van der Waals surface area contributed by atoms with Gasteiger partial charge in [0, 0.05) is 25.0 Å². The Kier molecular flexibility index (Phi) is 4.03. The largest absolute Gasteiger partial charge is 0.398 e. The first-order chi connectivity index (χ1) is 8.58. The van der Waals surface area contributed by atoms with Gasteiger partial charge in [0.25, 0.3) is 5.56 Å². The number of aromatic nitrogens is 1. The maximum Gasteiger partial charge on any atom is 0.265 e. The van der Waals surface area contributed by atoms with Crippen LogP contribution in [-0.4, -0.2) is 41.7 Å². The molecule has 2 N–H and O–H groups in total. The first kappa shape index (κ1) is 13.1. The number of nitrogen functional groups attached to an aromatic ring is 1. The van der Waals surface area contributed by atoms with Gasteiger partial charge in [-0.1, -0.05) is 0 Å². The Hall–Kier alpha value is -1.34. The molecular weight excluding hydrogens is 302 g/mol. The highest BCUT2D eigenvalue weighted by Gasteiger charge is 2.17. The summed E-state index contributed by atoms with van der Waals surface area (Å²) in [5.74, 6) is -0.0992. The van der Waals surface area contributed by atoms with E-state index in [1.165, 1.54) is 16.8 Å². The number of rotatable bonds is 2. The van der Waals surface area contributed by atoms with Crippen LogP contribution in [0.3, 0.4) is 0 Å². The molecule has 1 aliphatic heterocycles. The average molecular weight is 316 g/mol. The molecular formula is C11H14BrN3O3. The third kappa shape index (κ3) is 2.91. The van der Waals surface area contributed by atoms with Gasteiger partial charge in [-0.2, -0.15) is 0 Å². The molecule has 2 heterocycles. The van der Waals surface area contributed by atoms with Crippen molar-refractivity contribution < 1.29 is 9.53 Å². The number of carbonyl (C=O) groups excluding carboxylic acids is 1. The molecule has 98 valence electrons. The molecule has 1 saturated heterocycles. The minimum Gasteiger partial charge on any atom is -0.398 e. The first-order valence-electron chi connectivity index (χ1n) is 5.59. The van der Waals surface area contributed by atoms with E-state index in [0.717, 1.165) is 0 Å². The number of anilines is 1. The molecule has 0 unspecified atom stereocenters. The summed E-state index contributed by atoms with van der Waals surface area (Å²) in [6, 6.07) is 1.53. The summed E-state index contributed by atoms with van der Waals surface area (Å²) in [7, 11) is 0. The van der Waals surface area contributed by atoms with Gasteiger partial charge in [0.1, 0.15) is 6.54 Å². The van der Waals surface area contributed by atoms with Crippen molar-refractivity contribution in [2.24, 2.45) is 0 Å². The number of amides is 1. The van der Waals surface area contributed by atoms with Gasteiger partial charge >= 0.3 is 0 Å². The van der Waals surface area contributed by atoms with Gasteiger partial charge < -0.3 is 19.9 Å². The fraction of sp³-hybridized carbons (Fsp3) is 0.455. The Morgan fingerprint density at radius 2 is 2.11 bits per heavy atom. The molecule has 0 aromatic carbocycles. The van der Waals surface area contributed by atoms with Crippen LogP contribution in [0, 0.1) is 0 Å². The van der Waals surface area contributed by atoms with E-state index in [1.54, 1.807) is 4.90 Å². The molecule has 0 radical (unpaired) electrons. The third-order valence-electron chi connectivity index (χ3n) is 2.73. The summed E-state index contributed by atoms with van der Waals surface area (Å²) in [6.07, 6.45) is 1.48. The second-order valence-electron chi connectivity index (χ2n) is 4.05. The van der Waals surface area contributed by atoms with Gasteiger partial charge in [0.2, 0.25) is 5.91 Å². The van der Waals surface area contributed by atoms with Crippen LogP contribution in [0.2, 0.25) is 0 Å². The van der Waals surface area contributed by atoms with Crippen LogP contribution in [0.25, 0.3) is 0 Å². The molecule has 1 fully saturated rings. The van der Waals surface area contributed by atoms with E-state index in [-0.39, 0.29) is 18.0 Å². The summed E-state index contributed by atoms with van der Waals surface area (Å²) >= 11 is 3.12. The predicted molar refractivity (Wildman–Crippen MR) is 70.2 cm³/mol. The Morgan fingerprint density at radius 1 is 1.44 bits per heavy atom. The van der Waals surface area contributed by atoms with E-state index in [4.69, 9.17) is 10.5 Å². The number of ether oxygens (including phenoxy) is 1. The summed E-state index contributed by atoms with van der Waals surface area (Å²) in [4.78, 5) is 25.5. The highest BCUT2D eigenvalue weighted by molar-refractivity contribution is 9.10. The van der Waals surface area contributed by atoms with Crippen molar-refractivity contribution in [2.45, 2.75) is 6.54 Å². The zero-order chi connectivity index (χ0) is 13.1. The monoisotopic (exact) mass is 315 g/mol. The number of hydrogen-bond donors (Lipinski definition) is 1. The van der Waals surface area contributed by atoms with Crippen molar-refractivity contribution >= 4 is 27.5 Å². The molecule has 1 aromatic rings. The Labute approximate surface area is 112 Å². The van der Waals surface area contributed by atoms with E-state index in [0.29, 0.717) is 36.5 Å². The van der Waals surface area contributed by atoms with Crippen LogP contribution in [0.4, 0.5) is 5.69 Å². The fourth-order valence-electron chi connectivity index (χ4n) is 1.80. The molecule has 0 spiro atoms. The summed E-state index contributed by atoms with van der Waals surface area (Å²) in [6.45, 7) is 2.22. The molecule has 18 heavy (non-hydrogen) atoms. The van der Waals surface area contributed by atoms with Crippen LogP contribution in [0.15, 0.2) is 21.5 Å². The summed E-state index contributed by atoms with van der Waals surface area (Å²) in [5.41, 5.74) is 5.83. The molecule has 6 nitrogen and oxygen atoms in total. The molecule has 1 aliphatic rings. The van der Waals surface area contributed by atoms with E-state index in [1.807, 2.05) is 0 Å². The van der Waals surface area contributed by atoms with Crippen molar-refractivity contribution in [1.29, 1.82) is 0 Å². The van der Waals surface area contributed by atoms with Crippen molar-refractivity contribution in [2.75, 3.05) is 32.0 Å². The Morgan fingerprint density at radius 3 is 2.78 bits per heavy atom. The minimum absolute atomic E-state index is 0.00245. The van der Waals surface area contributed by atoms with Crippen LogP contribution in [0.5, 0.6) is 0 Å². The van der Waals surface area contributed by atoms with Crippen LogP contribution < -0.4 is 11.3 Å². The number of nitrogens with two attached hydrogens (primary N) is 1. The molecule has 1 amide bonds. The molecule has 0 bridgehead atoms.